The van der Waals surface area contributed by atoms with Crippen LogP contribution in [0.25, 0.3) is 11.3 Å². The fourth-order valence-electron chi connectivity index (χ4n) is 2.88. The molecule has 0 atom stereocenters. The molecular formula is C21H25N5O. The number of benzene rings is 1. The van der Waals surface area contributed by atoms with Gasteiger partial charge in [0.05, 0.1) is 6.20 Å². The molecule has 1 amide bonds. The van der Waals surface area contributed by atoms with E-state index in [0.29, 0.717) is 0 Å². The number of rotatable bonds is 10. The summed E-state index contributed by atoms with van der Waals surface area (Å²) in [6.07, 6.45) is 11.0. The summed E-state index contributed by atoms with van der Waals surface area (Å²) in [5.74, 6) is 0.00574. The van der Waals surface area contributed by atoms with Gasteiger partial charge < -0.3 is 5.32 Å². The maximum Gasteiger partial charge on any atom is 0.251 e. The number of carbonyl (C=O) groups excluding carboxylic acids is 1. The first-order valence-electron chi connectivity index (χ1n) is 9.47. The first-order chi connectivity index (χ1) is 13.3. The molecule has 0 radical (unpaired) electrons. The summed E-state index contributed by atoms with van der Waals surface area (Å²) in [7, 11) is 0. The van der Waals surface area contributed by atoms with E-state index in [1.807, 2.05) is 53.3 Å². The molecule has 0 fully saturated rings. The average Bonchev–Trinajstić information content (AvgIpc) is 3.20. The zero-order chi connectivity index (χ0) is 18.7. The molecule has 0 bridgehead atoms. The van der Waals surface area contributed by atoms with Crippen molar-refractivity contribution in [3.05, 3.63) is 66.6 Å². The first kappa shape index (κ1) is 18.8. The van der Waals surface area contributed by atoms with Crippen molar-refractivity contribution in [2.24, 2.45) is 0 Å². The lowest BCUT2D eigenvalue weighted by Gasteiger charge is -2.05. The predicted octanol–water partition coefficient (Wildman–Crippen LogP) is 3.72. The van der Waals surface area contributed by atoms with Crippen molar-refractivity contribution in [1.82, 2.24) is 25.3 Å². The Morgan fingerprint density at radius 2 is 1.78 bits per heavy atom. The molecule has 0 saturated carbocycles. The molecule has 3 rings (SSSR count). The summed E-state index contributed by atoms with van der Waals surface area (Å²) < 4.78 is 1.89. The largest absolute Gasteiger partial charge is 0.352 e. The minimum absolute atomic E-state index is 0.00574. The average molecular weight is 363 g/mol. The Balaban J connectivity index is 1.25. The van der Waals surface area contributed by atoms with Crippen LogP contribution in [0.2, 0.25) is 0 Å². The lowest BCUT2D eigenvalue weighted by atomic mass is 10.1. The van der Waals surface area contributed by atoms with E-state index in [1.165, 1.54) is 0 Å². The molecule has 2 heterocycles. The van der Waals surface area contributed by atoms with Crippen LogP contribution in [0.15, 0.2) is 61.1 Å². The second-order valence-corrected chi connectivity index (χ2v) is 6.50. The van der Waals surface area contributed by atoms with Crippen LogP contribution >= 0.6 is 0 Å². The van der Waals surface area contributed by atoms with Crippen molar-refractivity contribution < 1.29 is 4.79 Å². The zero-order valence-electron chi connectivity index (χ0n) is 15.4. The van der Waals surface area contributed by atoms with E-state index in [1.54, 1.807) is 12.4 Å². The standard InChI is InChI=1S/C21H25N5O/c27-21(18-10-5-4-6-11-18)23-14-7-2-1-3-8-15-26-17-20(24-25-26)19-12-9-13-22-16-19/h4-6,9-13,16-17H,1-3,7-8,14-15H2,(H,23,27). The van der Waals surface area contributed by atoms with Crippen LogP contribution in [0.1, 0.15) is 42.5 Å². The Labute approximate surface area is 159 Å². The molecule has 0 spiro atoms. The Kier molecular flexibility index (Phi) is 7.09. The van der Waals surface area contributed by atoms with E-state index < -0.39 is 0 Å². The number of unbranched alkanes of at least 4 members (excludes halogenated alkanes) is 4. The second kappa shape index (κ2) is 10.2. The van der Waals surface area contributed by atoms with Crippen LogP contribution in [-0.4, -0.2) is 32.4 Å². The minimum Gasteiger partial charge on any atom is -0.352 e. The van der Waals surface area contributed by atoms with Gasteiger partial charge in [0.1, 0.15) is 5.69 Å². The number of carbonyl (C=O) groups is 1. The third kappa shape index (κ3) is 6.02. The zero-order valence-corrected chi connectivity index (χ0v) is 15.4. The number of amides is 1. The van der Waals surface area contributed by atoms with Crippen molar-refractivity contribution in [3.8, 4) is 11.3 Å². The molecule has 1 N–H and O–H groups in total. The van der Waals surface area contributed by atoms with Gasteiger partial charge in [0.2, 0.25) is 0 Å². The van der Waals surface area contributed by atoms with E-state index in [4.69, 9.17) is 0 Å². The normalized spacial score (nSPS) is 10.7. The smallest absolute Gasteiger partial charge is 0.251 e. The van der Waals surface area contributed by atoms with Crippen molar-refractivity contribution in [2.75, 3.05) is 6.54 Å². The van der Waals surface area contributed by atoms with Crippen molar-refractivity contribution in [2.45, 2.75) is 38.6 Å². The van der Waals surface area contributed by atoms with Crippen molar-refractivity contribution in [3.63, 3.8) is 0 Å². The van der Waals surface area contributed by atoms with Crippen LogP contribution in [0, 0.1) is 0 Å². The van der Waals surface area contributed by atoms with Gasteiger partial charge in [0.25, 0.3) is 5.91 Å². The van der Waals surface area contributed by atoms with Crippen molar-refractivity contribution >= 4 is 5.91 Å². The molecule has 3 aromatic rings. The van der Waals surface area contributed by atoms with Gasteiger partial charge in [-0.25, -0.2) is 0 Å². The molecule has 0 unspecified atom stereocenters. The molecule has 0 aliphatic rings. The van der Waals surface area contributed by atoms with Gasteiger partial charge >= 0.3 is 0 Å². The van der Waals surface area contributed by atoms with Crippen LogP contribution in [-0.2, 0) is 6.54 Å². The summed E-state index contributed by atoms with van der Waals surface area (Å²) in [6.45, 7) is 1.60. The Morgan fingerprint density at radius 3 is 2.59 bits per heavy atom. The van der Waals surface area contributed by atoms with Gasteiger partial charge in [0, 0.05) is 36.6 Å². The lowest BCUT2D eigenvalue weighted by molar-refractivity contribution is 0.0953. The number of hydrogen-bond acceptors (Lipinski definition) is 4. The maximum absolute atomic E-state index is 11.9. The number of aryl methyl sites for hydroxylation is 1. The third-order valence-electron chi connectivity index (χ3n) is 4.38. The number of hydrogen-bond donors (Lipinski definition) is 1. The number of nitrogens with zero attached hydrogens (tertiary/aromatic N) is 4. The Bertz CT molecular complexity index is 817. The highest BCUT2D eigenvalue weighted by molar-refractivity contribution is 5.94. The first-order valence-corrected chi connectivity index (χ1v) is 9.47. The molecule has 0 aliphatic heterocycles. The summed E-state index contributed by atoms with van der Waals surface area (Å²) in [5.41, 5.74) is 2.56. The van der Waals surface area contributed by atoms with Crippen LogP contribution < -0.4 is 5.32 Å². The predicted molar refractivity (Wildman–Crippen MR) is 105 cm³/mol. The summed E-state index contributed by atoms with van der Waals surface area (Å²) in [5, 5.41) is 11.3. The van der Waals surface area contributed by atoms with Crippen LogP contribution in [0.4, 0.5) is 0 Å². The topological polar surface area (TPSA) is 72.7 Å². The number of pyridine rings is 1. The molecule has 140 valence electrons. The monoisotopic (exact) mass is 363 g/mol. The van der Waals surface area contributed by atoms with Gasteiger partial charge in [-0.3, -0.25) is 14.5 Å². The van der Waals surface area contributed by atoms with Gasteiger partial charge in [0.15, 0.2) is 0 Å². The van der Waals surface area contributed by atoms with Gasteiger partial charge in [-0.1, -0.05) is 42.7 Å². The van der Waals surface area contributed by atoms with Gasteiger partial charge in [-0.05, 0) is 37.1 Å². The highest BCUT2D eigenvalue weighted by Gasteiger charge is 2.04. The van der Waals surface area contributed by atoms with E-state index in [-0.39, 0.29) is 5.91 Å². The van der Waals surface area contributed by atoms with E-state index in [0.717, 1.165) is 62.0 Å². The highest BCUT2D eigenvalue weighted by Crippen LogP contribution is 2.14. The molecule has 6 heteroatoms. The molecule has 2 aromatic heterocycles. The second-order valence-electron chi connectivity index (χ2n) is 6.50. The molecule has 27 heavy (non-hydrogen) atoms. The quantitative estimate of drug-likeness (QED) is 0.557. The fourth-order valence-corrected chi connectivity index (χ4v) is 2.88. The molecule has 1 aromatic carbocycles. The highest BCUT2D eigenvalue weighted by atomic mass is 16.1. The number of nitrogens with one attached hydrogen (secondary N) is 1. The van der Waals surface area contributed by atoms with Gasteiger partial charge in [-0.15, -0.1) is 5.10 Å². The van der Waals surface area contributed by atoms with E-state index >= 15 is 0 Å². The van der Waals surface area contributed by atoms with Crippen LogP contribution in [0.3, 0.4) is 0 Å². The molecule has 6 nitrogen and oxygen atoms in total. The third-order valence-corrected chi connectivity index (χ3v) is 4.38. The maximum atomic E-state index is 11.9. The SMILES string of the molecule is O=C(NCCCCCCCn1cc(-c2cccnc2)nn1)c1ccccc1. The van der Waals surface area contributed by atoms with E-state index in [9.17, 15) is 4.79 Å². The Hall–Kier alpha value is -3.02. The molecular weight excluding hydrogens is 338 g/mol. The van der Waals surface area contributed by atoms with Crippen LogP contribution in [0.5, 0.6) is 0 Å². The fraction of sp³-hybridized carbons (Fsp3) is 0.333. The minimum atomic E-state index is 0.00574. The summed E-state index contributed by atoms with van der Waals surface area (Å²) in [6, 6.07) is 13.2. The van der Waals surface area contributed by atoms with Crippen molar-refractivity contribution in [1.29, 1.82) is 0 Å². The summed E-state index contributed by atoms with van der Waals surface area (Å²) in [4.78, 5) is 16.0. The summed E-state index contributed by atoms with van der Waals surface area (Å²) >= 11 is 0. The van der Waals surface area contributed by atoms with E-state index in [2.05, 4.69) is 20.6 Å². The molecule has 0 aliphatic carbocycles. The molecule has 0 saturated heterocycles. The lowest BCUT2D eigenvalue weighted by Crippen LogP contribution is -2.24. The number of aromatic nitrogens is 4. The van der Waals surface area contributed by atoms with Gasteiger partial charge in [-0.2, -0.15) is 0 Å². The Morgan fingerprint density at radius 1 is 0.963 bits per heavy atom.